The molecule has 0 radical (unpaired) electrons. The van der Waals surface area contributed by atoms with Crippen LogP contribution in [0, 0.1) is 0 Å². The number of hydrogen-bond acceptors (Lipinski definition) is 4. The van der Waals surface area contributed by atoms with E-state index in [1.165, 1.54) is 6.08 Å². The first kappa shape index (κ1) is 16.7. The van der Waals surface area contributed by atoms with Crippen molar-refractivity contribution in [3.05, 3.63) is 59.1 Å². The van der Waals surface area contributed by atoms with Crippen LogP contribution in [0.1, 0.15) is 27.7 Å². The van der Waals surface area contributed by atoms with Crippen LogP contribution in [0.4, 0.5) is 0 Å². The standard InChI is InChI=1S/C17H20O4/c1-6-11(3)10-12(4)8-9-14(18)15-16(20-7-2)13(5)21-17(15)19/h6,8-10H,5,7H2,1-4H3/b9-8+,11-6+,12-10+. The number of ether oxygens (including phenoxy) is 2. The van der Waals surface area contributed by atoms with Crippen LogP contribution >= 0.6 is 0 Å². The first-order chi connectivity index (χ1) is 9.90. The second-order valence-electron chi connectivity index (χ2n) is 4.57. The van der Waals surface area contributed by atoms with Crippen molar-refractivity contribution in [1.29, 1.82) is 0 Å². The summed E-state index contributed by atoms with van der Waals surface area (Å²) >= 11 is 0. The van der Waals surface area contributed by atoms with E-state index in [0.29, 0.717) is 6.61 Å². The summed E-state index contributed by atoms with van der Waals surface area (Å²) in [6, 6.07) is 0. The topological polar surface area (TPSA) is 52.6 Å². The fourth-order valence-electron chi connectivity index (χ4n) is 1.73. The summed E-state index contributed by atoms with van der Waals surface area (Å²) in [5.41, 5.74) is 1.89. The Hall–Kier alpha value is -2.36. The zero-order valence-corrected chi connectivity index (χ0v) is 12.9. The number of rotatable bonds is 6. The molecular weight excluding hydrogens is 268 g/mol. The van der Waals surface area contributed by atoms with Gasteiger partial charge in [-0.25, -0.2) is 4.79 Å². The Balaban J connectivity index is 2.99. The highest BCUT2D eigenvalue weighted by Crippen LogP contribution is 2.26. The Labute approximate surface area is 125 Å². The van der Waals surface area contributed by atoms with Crippen molar-refractivity contribution in [2.45, 2.75) is 27.7 Å². The molecule has 0 aromatic heterocycles. The highest BCUT2D eigenvalue weighted by Gasteiger charge is 2.34. The molecule has 0 saturated heterocycles. The first-order valence-corrected chi connectivity index (χ1v) is 6.72. The maximum Gasteiger partial charge on any atom is 0.351 e. The van der Waals surface area contributed by atoms with Crippen molar-refractivity contribution in [2.75, 3.05) is 6.61 Å². The van der Waals surface area contributed by atoms with Gasteiger partial charge in [0.1, 0.15) is 0 Å². The third kappa shape index (κ3) is 4.31. The van der Waals surface area contributed by atoms with Crippen LogP contribution < -0.4 is 0 Å². The van der Waals surface area contributed by atoms with Crippen LogP contribution in [0.25, 0.3) is 0 Å². The van der Waals surface area contributed by atoms with E-state index in [2.05, 4.69) is 6.58 Å². The van der Waals surface area contributed by atoms with Gasteiger partial charge >= 0.3 is 5.97 Å². The van der Waals surface area contributed by atoms with Gasteiger partial charge in [0.25, 0.3) is 0 Å². The average molecular weight is 288 g/mol. The van der Waals surface area contributed by atoms with Gasteiger partial charge < -0.3 is 9.47 Å². The molecule has 0 bridgehead atoms. The molecule has 0 N–H and O–H groups in total. The third-order valence-corrected chi connectivity index (χ3v) is 2.84. The molecule has 1 rings (SSSR count). The van der Waals surface area contributed by atoms with E-state index in [0.717, 1.165) is 11.1 Å². The maximum atomic E-state index is 12.1. The van der Waals surface area contributed by atoms with E-state index < -0.39 is 11.8 Å². The Kier molecular flexibility index (Phi) is 5.91. The normalized spacial score (nSPS) is 16.8. The highest BCUT2D eigenvalue weighted by molar-refractivity contribution is 6.24. The van der Waals surface area contributed by atoms with Crippen LogP contribution in [0.5, 0.6) is 0 Å². The fraction of sp³-hybridized carbons (Fsp3) is 0.294. The van der Waals surface area contributed by atoms with Crippen molar-refractivity contribution < 1.29 is 19.1 Å². The molecule has 0 atom stereocenters. The summed E-state index contributed by atoms with van der Waals surface area (Å²) in [5, 5.41) is 0. The van der Waals surface area contributed by atoms with E-state index in [-0.39, 0.29) is 17.1 Å². The fourth-order valence-corrected chi connectivity index (χ4v) is 1.73. The maximum absolute atomic E-state index is 12.1. The van der Waals surface area contributed by atoms with Crippen molar-refractivity contribution in [1.82, 2.24) is 0 Å². The van der Waals surface area contributed by atoms with E-state index >= 15 is 0 Å². The third-order valence-electron chi connectivity index (χ3n) is 2.84. The van der Waals surface area contributed by atoms with Gasteiger partial charge in [0.05, 0.1) is 6.61 Å². The molecule has 1 aliphatic heterocycles. The monoisotopic (exact) mass is 288 g/mol. The van der Waals surface area contributed by atoms with Crippen LogP contribution in [0.3, 0.4) is 0 Å². The lowest BCUT2D eigenvalue weighted by molar-refractivity contribution is -0.134. The minimum absolute atomic E-state index is 0.0793. The number of ketones is 1. The second kappa shape index (κ2) is 7.43. The number of hydrogen-bond donors (Lipinski definition) is 0. The van der Waals surface area contributed by atoms with Gasteiger partial charge in [0, 0.05) is 0 Å². The van der Waals surface area contributed by atoms with Gasteiger partial charge in [-0.3, -0.25) is 4.79 Å². The molecule has 0 aliphatic carbocycles. The Morgan fingerprint density at radius 1 is 1.29 bits per heavy atom. The molecule has 1 aliphatic rings. The highest BCUT2D eigenvalue weighted by atomic mass is 16.6. The molecule has 21 heavy (non-hydrogen) atoms. The number of esters is 1. The molecule has 0 saturated carbocycles. The molecule has 0 fully saturated rings. The Morgan fingerprint density at radius 3 is 2.52 bits per heavy atom. The van der Waals surface area contributed by atoms with E-state index in [1.54, 1.807) is 13.0 Å². The molecule has 0 aromatic carbocycles. The number of carbonyl (C=O) groups is 2. The van der Waals surface area contributed by atoms with Crippen LogP contribution in [0.2, 0.25) is 0 Å². The summed E-state index contributed by atoms with van der Waals surface area (Å²) in [4.78, 5) is 23.8. The van der Waals surface area contributed by atoms with Gasteiger partial charge in [0.15, 0.2) is 22.9 Å². The lowest BCUT2D eigenvalue weighted by Crippen LogP contribution is -2.09. The molecule has 0 spiro atoms. The zero-order valence-electron chi connectivity index (χ0n) is 12.9. The lowest BCUT2D eigenvalue weighted by Gasteiger charge is -2.03. The van der Waals surface area contributed by atoms with Gasteiger partial charge in [0.2, 0.25) is 0 Å². The Bertz CT molecular complexity index is 586. The Morgan fingerprint density at radius 2 is 1.95 bits per heavy atom. The molecule has 0 amide bonds. The van der Waals surface area contributed by atoms with Gasteiger partial charge in [-0.1, -0.05) is 36.0 Å². The number of carbonyl (C=O) groups excluding carboxylic acids is 2. The van der Waals surface area contributed by atoms with Gasteiger partial charge in [-0.15, -0.1) is 0 Å². The smallest absolute Gasteiger partial charge is 0.351 e. The summed E-state index contributed by atoms with van der Waals surface area (Å²) < 4.78 is 10.1. The zero-order chi connectivity index (χ0) is 16.0. The van der Waals surface area contributed by atoms with Crippen LogP contribution in [0.15, 0.2) is 59.1 Å². The van der Waals surface area contributed by atoms with Crippen molar-refractivity contribution >= 4 is 11.8 Å². The predicted octanol–water partition coefficient (Wildman–Crippen LogP) is 3.39. The van der Waals surface area contributed by atoms with Crippen molar-refractivity contribution in [3.8, 4) is 0 Å². The van der Waals surface area contributed by atoms with Crippen molar-refractivity contribution in [3.63, 3.8) is 0 Å². The molecule has 1 heterocycles. The number of allylic oxidation sites excluding steroid dienone is 6. The van der Waals surface area contributed by atoms with Gasteiger partial charge in [-0.2, -0.15) is 0 Å². The van der Waals surface area contributed by atoms with Crippen LogP contribution in [-0.2, 0) is 19.1 Å². The van der Waals surface area contributed by atoms with Gasteiger partial charge in [-0.05, 0) is 33.8 Å². The molecular formula is C17H20O4. The lowest BCUT2D eigenvalue weighted by atomic mass is 10.1. The second-order valence-corrected chi connectivity index (χ2v) is 4.57. The molecule has 4 nitrogen and oxygen atoms in total. The van der Waals surface area contributed by atoms with E-state index in [1.807, 2.05) is 32.9 Å². The molecule has 0 unspecified atom stereocenters. The van der Waals surface area contributed by atoms with Crippen molar-refractivity contribution in [2.24, 2.45) is 0 Å². The largest absolute Gasteiger partial charge is 0.489 e. The SMILES string of the molecule is C=C1OC(=O)C(C(=O)/C=C/C(C)=C/C(C)=C/C)=C1OCC. The predicted molar refractivity (Wildman–Crippen MR) is 81.2 cm³/mol. The molecule has 112 valence electrons. The summed E-state index contributed by atoms with van der Waals surface area (Å²) in [5.74, 6) is -0.962. The average Bonchev–Trinajstić information content (AvgIpc) is 2.71. The van der Waals surface area contributed by atoms with E-state index in [9.17, 15) is 9.59 Å². The van der Waals surface area contributed by atoms with Crippen LogP contribution in [-0.4, -0.2) is 18.4 Å². The first-order valence-electron chi connectivity index (χ1n) is 6.72. The minimum atomic E-state index is -0.718. The summed E-state index contributed by atoms with van der Waals surface area (Å²) in [6.45, 7) is 11.4. The number of cyclic esters (lactones) is 1. The summed E-state index contributed by atoms with van der Waals surface area (Å²) in [7, 11) is 0. The minimum Gasteiger partial charge on any atom is -0.489 e. The summed E-state index contributed by atoms with van der Waals surface area (Å²) in [6.07, 6.45) is 6.89. The molecule has 4 heteroatoms. The van der Waals surface area contributed by atoms with E-state index in [4.69, 9.17) is 9.47 Å². The molecule has 0 aromatic rings. The quantitative estimate of drug-likeness (QED) is 0.325.